The maximum Gasteiger partial charge on any atom is 0.285 e. The first-order chi connectivity index (χ1) is 10.3. The molecule has 4 N–H and O–H groups in total. The van der Waals surface area contributed by atoms with Gasteiger partial charge >= 0.3 is 0 Å². The van der Waals surface area contributed by atoms with Gasteiger partial charge in [0.25, 0.3) is 10.5 Å². The van der Waals surface area contributed by atoms with Crippen molar-refractivity contribution in [2.45, 2.75) is 22.9 Å². The Morgan fingerprint density at radius 2 is 1.18 bits per heavy atom. The fourth-order valence-electron chi connectivity index (χ4n) is 1.52. The largest absolute Gasteiger partial charge is 0.339 e. The lowest BCUT2D eigenvalue weighted by atomic mass is 10.1. The molecule has 1 aromatic rings. The summed E-state index contributed by atoms with van der Waals surface area (Å²) in [5, 5.41) is -0.162. The maximum absolute atomic E-state index is 11.9. The molecule has 0 bridgehead atoms. The van der Waals surface area contributed by atoms with Crippen LogP contribution in [0.3, 0.4) is 0 Å². The van der Waals surface area contributed by atoms with Crippen molar-refractivity contribution in [3.8, 4) is 0 Å². The van der Waals surface area contributed by atoms with Crippen molar-refractivity contribution in [2.75, 3.05) is 28.2 Å². The minimum absolute atomic E-state index is 0.0811. The van der Waals surface area contributed by atoms with Gasteiger partial charge in [0.15, 0.2) is 0 Å². The number of hydrogen-bond acceptors (Lipinski definition) is 6. The SMILES string of the molecule is CN(C)C(=O)Sc1cc(CN)c(SC(=O)N(C)C)cc1CN. The molecule has 0 radical (unpaired) electrons. The van der Waals surface area contributed by atoms with E-state index in [1.165, 1.54) is 9.80 Å². The molecular weight excluding hydrogens is 320 g/mol. The van der Waals surface area contributed by atoms with Crippen molar-refractivity contribution in [1.82, 2.24) is 9.80 Å². The topological polar surface area (TPSA) is 92.7 Å². The lowest BCUT2D eigenvalue weighted by Crippen LogP contribution is -2.17. The van der Waals surface area contributed by atoms with Crippen LogP contribution in [0.25, 0.3) is 0 Å². The van der Waals surface area contributed by atoms with Gasteiger partial charge in [-0.3, -0.25) is 9.59 Å². The summed E-state index contributed by atoms with van der Waals surface area (Å²) in [6, 6.07) is 3.69. The summed E-state index contributed by atoms with van der Waals surface area (Å²) in [7, 11) is 6.78. The minimum atomic E-state index is -0.0811. The quantitative estimate of drug-likeness (QED) is 0.815. The normalized spacial score (nSPS) is 10.5. The van der Waals surface area contributed by atoms with E-state index in [0.29, 0.717) is 0 Å². The van der Waals surface area contributed by atoms with Crippen LogP contribution in [0.4, 0.5) is 9.59 Å². The summed E-state index contributed by atoms with van der Waals surface area (Å²) in [6.07, 6.45) is 0. The zero-order valence-corrected chi connectivity index (χ0v) is 14.9. The van der Waals surface area contributed by atoms with E-state index in [1.54, 1.807) is 28.2 Å². The summed E-state index contributed by atoms with van der Waals surface area (Å²) >= 11 is 2.23. The molecule has 0 saturated heterocycles. The zero-order chi connectivity index (χ0) is 16.9. The first kappa shape index (κ1) is 18.8. The van der Waals surface area contributed by atoms with Crippen LogP contribution in [-0.4, -0.2) is 48.5 Å². The Kier molecular flexibility index (Phi) is 7.21. The molecule has 0 unspecified atom stereocenters. The van der Waals surface area contributed by atoms with E-state index in [4.69, 9.17) is 11.5 Å². The Morgan fingerprint density at radius 1 is 0.864 bits per heavy atom. The molecule has 6 nitrogen and oxygen atoms in total. The number of nitrogens with two attached hydrogens (primary N) is 2. The van der Waals surface area contributed by atoms with Crippen molar-refractivity contribution in [1.29, 1.82) is 0 Å². The molecule has 0 aromatic heterocycles. The number of rotatable bonds is 4. The fourth-order valence-corrected chi connectivity index (χ4v) is 3.21. The monoisotopic (exact) mass is 342 g/mol. The van der Waals surface area contributed by atoms with Crippen molar-refractivity contribution in [2.24, 2.45) is 11.5 Å². The van der Waals surface area contributed by atoms with Gasteiger partial charge in [0, 0.05) is 51.1 Å². The third kappa shape index (κ3) is 4.91. The van der Waals surface area contributed by atoms with Gasteiger partial charge in [0.05, 0.1) is 0 Å². The van der Waals surface area contributed by atoms with E-state index in [2.05, 4.69) is 0 Å². The first-order valence-corrected chi connectivity index (χ1v) is 8.27. The summed E-state index contributed by atoms with van der Waals surface area (Å²) in [6.45, 7) is 0.579. The van der Waals surface area contributed by atoms with E-state index < -0.39 is 0 Å². The van der Waals surface area contributed by atoms with Crippen LogP contribution in [0, 0.1) is 0 Å². The van der Waals surface area contributed by atoms with Crippen LogP contribution in [0.1, 0.15) is 11.1 Å². The Morgan fingerprint density at radius 3 is 1.41 bits per heavy atom. The van der Waals surface area contributed by atoms with E-state index >= 15 is 0 Å². The molecule has 0 aliphatic rings. The van der Waals surface area contributed by atoms with Crippen molar-refractivity contribution in [3.05, 3.63) is 23.3 Å². The second kappa shape index (κ2) is 8.42. The number of hydrogen-bond donors (Lipinski definition) is 2. The highest BCUT2D eigenvalue weighted by Gasteiger charge is 2.16. The Bertz CT molecular complexity index is 512. The number of benzene rings is 1. The molecule has 0 aliphatic heterocycles. The third-order valence-electron chi connectivity index (χ3n) is 2.81. The van der Waals surface area contributed by atoms with Gasteiger partial charge < -0.3 is 21.3 Å². The van der Waals surface area contributed by atoms with Crippen LogP contribution < -0.4 is 11.5 Å². The van der Waals surface area contributed by atoms with Crippen molar-refractivity contribution in [3.63, 3.8) is 0 Å². The average molecular weight is 342 g/mol. The highest BCUT2D eigenvalue weighted by Crippen LogP contribution is 2.33. The third-order valence-corrected chi connectivity index (χ3v) is 5.09. The summed E-state index contributed by atoms with van der Waals surface area (Å²) in [5.74, 6) is 0. The molecule has 0 atom stereocenters. The molecule has 1 aromatic carbocycles. The molecule has 0 heterocycles. The lowest BCUT2D eigenvalue weighted by Gasteiger charge is -2.16. The van der Waals surface area contributed by atoms with E-state index in [1.807, 2.05) is 12.1 Å². The van der Waals surface area contributed by atoms with Crippen LogP contribution in [0.5, 0.6) is 0 Å². The summed E-state index contributed by atoms with van der Waals surface area (Å²) < 4.78 is 0. The van der Waals surface area contributed by atoms with Gasteiger partial charge in [-0.1, -0.05) is 0 Å². The van der Waals surface area contributed by atoms with Gasteiger partial charge in [-0.15, -0.1) is 0 Å². The molecule has 0 fully saturated rings. The van der Waals surface area contributed by atoms with E-state index in [0.717, 1.165) is 44.4 Å². The Hall–Kier alpha value is -1.22. The van der Waals surface area contributed by atoms with Crippen LogP contribution in [0.2, 0.25) is 0 Å². The summed E-state index contributed by atoms with van der Waals surface area (Å²) in [5.41, 5.74) is 13.2. The highest BCUT2D eigenvalue weighted by atomic mass is 32.2. The average Bonchev–Trinajstić information content (AvgIpc) is 2.47. The lowest BCUT2D eigenvalue weighted by molar-refractivity contribution is 0.240. The predicted octanol–water partition coefficient (Wildman–Crippen LogP) is 2.15. The number of amides is 2. The number of nitrogens with zero attached hydrogens (tertiary/aromatic N) is 2. The number of thioether (sulfide) groups is 2. The van der Waals surface area contributed by atoms with Crippen LogP contribution in [-0.2, 0) is 13.1 Å². The van der Waals surface area contributed by atoms with Gasteiger partial charge in [0.2, 0.25) is 0 Å². The smallest absolute Gasteiger partial charge is 0.285 e. The fraction of sp³-hybridized carbons (Fsp3) is 0.429. The second-order valence-corrected chi connectivity index (χ2v) is 6.99. The molecule has 1 rings (SSSR count). The molecule has 0 aliphatic carbocycles. The summed E-state index contributed by atoms with van der Waals surface area (Å²) in [4.78, 5) is 28.3. The molecule has 122 valence electrons. The number of carbonyl (C=O) groups excluding carboxylic acids is 2. The van der Waals surface area contributed by atoms with E-state index in [-0.39, 0.29) is 23.6 Å². The second-order valence-electron chi connectivity index (χ2n) is 5.00. The Labute approximate surface area is 139 Å². The predicted molar refractivity (Wildman–Crippen MR) is 92.1 cm³/mol. The number of carbonyl (C=O) groups is 2. The molecule has 0 spiro atoms. The van der Waals surface area contributed by atoms with Gasteiger partial charge in [-0.2, -0.15) is 0 Å². The molecule has 0 saturated carbocycles. The molecule has 22 heavy (non-hydrogen) atoms. The first-order valence-electron chi connectivity index (χ1n) is 6.64. The van der Waals surface area contributed by atoms with Gasteiger partial charge in [0.1, 0.15) is 0 Å². The van der Waals surface area contributed by atoms with Crippen molar-refractivity contribution >= 4 is 34.0 Å². The maximum atomic E-state index is 11.9. The van der Waals surface area contributed by atoms with Crippen LogP contribution in [0.15, 0.2) is 21.9 Å². The highest BCUT2D eigenvalue weighted by molar-refractivity contribution is 8.14. The Balaban J connectivity index is 3.17. The van der Waals surface area contributed by atoms with Gasteiger partial charge in [-0.05, 0) is 46.8 Å². The van der Waals surface area contributed by atoms with E-state index in [9.17, 15) is 9.59 Å². The zero-order valence-electron chi connectivity index (χ0n) is 13.3. The minimum Gasteiger partial charge on any atom is -0.339 e. The van der Waals surface area contributed by atoms with Crippen molar-refractivity contribution < 1.29 is 9.59 Å². The van der Waals surface area contributed by atoms with Gasteiger partial charge in [-0.25, -0.2) is 0 Å². The van der Waals surface area contributed by atoms with Crippen LogP contribution >= 0.6 is 23.5 Å². The molecule has 8 heteroatoms. The standard InChI is InChI=1S/C14H22N4O2S2/c1-17(2)13(19)21-11-5-10(8-16)12(6-9(11)7-15)22-14(20)18(3)4/h5-6H,7-8,15-16H2,1-4H3. The molecular formula is C14H22N4O2S2. The molecule has 2 amide bonds.